The molecule has 0 saturated carbocycles. The van der Waals surface area contributed by atoms with Crippen molar-refractivity contribution >= 4 is 5.91 Å². The van der Waals surface area contributed by atoms with Crippen LogP contribution in [0.1, 0.15) is 34.3 Å². The molecule has 3 aromatic heterocycles. The average molecular weight is 334 g/mol. The second-order valence-corrected chi connectivity index (χ2v) is 6.20. The smallest absolute Gasteiger partial charge is 0.271 e. The zero-order valence-electron chi connectivity index (χ0n) is 13.9. The first-order valence-electron chi connectivity index (χ1n) is 8.25. The zero-order chi connectivity index (χ0) is 17.2. The number of carbonyl (C=O) groups is 1. The van der Waals surface area contributed by atoms with Gasteiger partial charge in [0.1, 0.15) is 11.5 Å². The van der Waals surface area contributed by atoms with Crippen LogP contribution in [0.15, 0.2) is 42.9 Å². The molecular formula is C18H18N6O. The maximum Gasteiger partial charge on any atom is 0.271 e. The summed E-state index contributed by atoms with van der Waals surface area (Å²) < 4.78 is 0. The highest BCUT2D eigenvalue weighted by molar-refractivity contribution is 5.93. The maximum atomic E-state index is 12.7. The van der Waals surface area contributed by atoms with E-state index >= 15 is 0 Å². The first-order chi connectivity index (χ1) is 12.2. The van der Waals surface area contributed by atoms with Crippen LogP contribution in [-0.2, 0) is 0 Å². The molecule has 1 saturated heterocycles. The number of pyridine rings is 1. The number of amides is 1. The summed E-state index contributed by atoms with van der Waals surface area (Å²) in [6, 6.07) is 7.42. The molecule has 1 atom stereocenters. The van der Waals surface area contributed by atoms with Crippen molar-refractivity contribution in [3.8, 4) is 11.3 Å². The molecular weight excluding hydrogens is 316 g/mol. The molecule has 0 unspecified atom stereocenters. The first kappa shape index (κ1) is 15.4. The van der Waals surface area contributed by atoms with Gasteiger partial charge in [-0.15, -0.1) is 0 Å². The summed E-state index contributed by atoms with van der Waals surface area (Å²) in [6.07, 6.45) is 6.08. The predicted octanol–water partition coefficient (Wildman–Crippen LogP) is 2.20. The topological polar surface area (TPSA) is 87.7 Å². The monoisotopic (exact) mass is 334 g/mol. The Labute approximate surface area is 145 Å². The number of aryl methyl sites for hydroxylation is 1. The van der Waals surface area contributed by atoms with Gasteiger partial charge in [0.15, 0.2) is 0 Å². The number of nitrogens with zero attached hydrogens (tertiary/aromatic N) is 5. The van der Waals surface area contributed by atoms with E-state index in [1.165, 1.54) is 0 Å². The van der Waals surface area contributed by atoms with Crippen LogP contribution in [0.2, 0.25) is 0 Å². The van der Waals surface area contributed by atoms with Crippen molar-refractivity contribution < 1.29 is 4.79 Å². The molecule has 126 valence electrons. The van der Waals surface area contributed by atoms with E-state index in [0.717, 1.165) is 23.5 Å². The Bertz CT molecular complexity index is 891. The van der Waals surface area contributed by atoms with Crippen LogP contribution in [0, 0.1) is 6.92 Å². The fourth-order valence-corrected chi connectivity index (χ4v) is 3.08. The fraction of sp³-hybridized carbons (Fsp3) is 0.278. The Hall–Kier alpha value is -3.09. The zero-order valence-corrected chi connectivity index (χ0v) is 13.9. The van der Waals surface area contributed by atoms with Gasteiger partial charge in [0.25, 0.3) is 5.91 Å². The normalized spacial score (nSPS) is 17.0. The van der Waals surface area contributed by atoms with Crippen LogP contribution in [0.3, 0.4) is 0 Å². The van der Waals surface area contributed by atoms with Crippen molar-refractivity contribution in [1.29, 1.82) is 0 Å². The molecule has 1 aliphatic heterocycles. The van der Waals surface area contributed by atoms with Crippen LogP contribution in [0.5, 0.6) is 0 Å². The molecule has 7 heteroatoms. The van der Waals surface area contributed by atoms with E-state index in [4.69, 9.17) is 0 Å². The molecule has 1 N–H and O–H groups in total. The van der Waals surface area contributed by atoms with Crippen molar-refractivity contribution in [2.75, 3.05) is 13.1 Å². The standard InChI is InChI=1S/C18H18N6O/c1-12-4-7-20-17(21-12)14-5-8-24(11-14)18(25)16-9-15(22-23-16)13-3-2-6-19-10-13/h2-4,6-7,9-10,14H,5,8,11H2,1H3,(H,22,23)/t14-/m1/s1. The van der Waals surface area contributed by atoms with E-state index in [1.807, 2.05) is 30.0 Å². The predicted molar refractivity (Wildman–Crippen MR) is 91.8 cm³/mol. The number of carbonyl (C=O) groups excluding carboxylic acids is 1. The molecule has 0 aliphatic carbocycles. The van der Waals surface area contributed by atoms with E-state index in [2.05, 4.69) is 25.1 Å². The lowest BCUT2D eigenvalue weighted by molar-refractivity contribution is 0.0784. The van der Waals surface area contributed by atoms with Crippen molar-refractivity contribution in [1.82, 2.24) is 30.0 Å². The Morgan fingerprint density at radius 2 is 2.24 bits per heavy atom. The molecule has 1 aliphatic rings. The van der Waals surface area contributed by atoms with E-state index in [-0.39, 0.29) is 11.8 Å². The number of hydrogen-bond acceptors (Lipinski definition) is 5. The number of likely N-dealkylation sites (tertiary alicyclic amines) is 1. The molecule has 4 rings (SSSR count). The summed E-state index contributed by atoms with van der Waals surface area (Å²) in [5.74, 6) is 0.957. The Kier molecular flexibility index (Phi) is 3.97. The van der Waals surface area contributed by atoms with Gasteiger partial charge in [-0.05, 0) is 37.6 Å². The summed E-state index contributed by atoms with van der Waals surface area (Å²) in [5.41, 5.74) is 3.04. The van der Waals surface area contributed by atoms with Gasteiger partial charge in [-0.25, -0.2) is 9.97 Å². The van der Waals surface area contributed by atoms with Crippen LogP contribution >= 0.6 is 0 Å². The van der Waals surface area contributed by atoms with Gasteiger partial charge in [0.05, 0.1) is 5.69 Å². The molecule has 0 bridgehead atoms. The molecule has 25 heavy (non-hydrogen) atoms. The molecule has 0 radical (unpaired) electrons. The lowest BCUT2D eigenvalue weighted by Gasteiger charge is -2.15. The number of H-pyrrole nitrogens is 1. The highest BCUT2D eigenvalue weighted by atomic mass is 16.2. The van der Waals surface area contributed by atoms with Crippen LogP contribution in [0.25, 0.3) is 11.3 Å². The van der Waals surface area contributed by atoms with E-state index in [0.29, 0.717) is 24.5 Å². The third-order valence-corrected chi connectivity index (χ3v) is 4.42. The second-order valence-electron chi connectivity index (χ2n) is 6.20. The van der Waals surface area contributed by atoms with Gasteiger partial charge in [-0.2, -0.15) is 5.10 Å². The van der Waals surface area contributed by atoms with Gasteiger partial charge in [-0.3, -0.25) is 14.9 Å². The maximum absolute atomic E-state index is 12.7. The number of aromatic nitrogens is 5. The summed E-state index contributed by atoms with van der Waals surface area (Å²) in [6.45, 7) is 3.28. The van der Waals surface area contributed by atoms with Crippen molar-refractivity contribution in [2.45, 2.75) is 19.3 Å². The lowest BCUT2D eigenvalue weighted by Crippen LogP contribution is -2.29. The van der Waals surface area contributed by atoms with E-state index in [9.17, 15) is 4.79 Å². The van der Waals surface area contributed by atoms with Crippen LogP contribution in [-0.4, -0.2) is 49.0 Å². The minimum atomic E-state index is -0.0437. The molecule has 0 spiro atoms. The molecule has 4 heterocycles. The van der Waals surface area contributed by atoms with Gasteiger partial charge in [0.2, 0.25) is 0 Å². The summed E-state index contributed by atoms with van der Waals surface area (Å²) in [4.78, 5) is 27.5. The number of rotatable bonds is 3. The van der Waals surface area contributed by atoms with Crippen molar-refractivity contribution in [2.24, 2.45) is 0 Å². The van der Waals surface area contributed by atoms with Gasteiger partial charge >= 0.3 is 0 Å². The molecule has 1 amide bonds. The Morgan fingerprint density at radius 1 is 1.32 bits per heavy atom. The number of nitrogens with one attached hydrogen (secondary N) is 1. The molecule has 7 nitrogen and oxygen atoms in total. The van der Waals surface area contributed by atoms with E-state index in [1.54, 1.807) is 24.7 Å². The highest BCUT2D eigenvalue weighted by Gasteiger charge is 2.30. The summed E-state index contributed by atoms with van der Waals surface area (Å²) >= 11 is 0. The third kappa shape index (κ3) is 3.13. The highest BCUT2D eigenvalue weighted by Crippen LogP contribution is 2.26. The van der Waals surface area contributed by atoms with Crippen LogP contribution < -0.4 is 0 Å². The van der Waals surface area contributed by atoms with Crippen LogP contribution in [0.4, 0.5) is 0 Å². The fourth-order valence-electron chi connectivity index (χ4n) is 3.08. The second kappa shape index (κ2) is 6.43. The summed E-state index contributed by atoms with van der Waals surface area (Å²) in [5, 5.41) is 7.07. The Balaban J connectivity index is 1.48. The largest absolute Gasteiger partial charge is 0.337 e. The average Bonchev–Trinajstić information content (AvgIpc) is 3.32. The number of hydrogen-bond donors (Lipinski definition) is 1. The first-order valence-corrected chi connectivity index (χ1v) is 8.25. The van der Waals surface area contributed by atoms with Gasteiger partial charge < -0.3 is 4.90 Å². The molecule has 3 aromatic rings. The SMILES string of the molecule is Cc1ccnc([C@@H]2CCN(C(=O)c3cc(-c4cccnc4)n[nH]3)C2)n1. The molecule has 1 fully saturated rings. The quantitative estimate of drug-likeness (QED) is 0.793. The van der Waals surface area contributed by atoms with Gasteiger partial charge in [0, 0.05) is 48.9 Å². The number of aromatic amines is 1. The molecule has 0 aromatic carbocycles. The minimum Gasteiger partial charge on any atom is -0.337 e. The van der Waals surface area contributed by atoms with Crippen molar-refractivity contribution in [3.05, 3.63) is 60.1 Å². The Morgan fingerprint density at radius 3 is 3.04 bits per heavy atom. The third-order valence-electron chi connectivity index (χ3n) is 4.42. The van der Waals surface area contributed by atoms with Gasteiger partial charge in [-0.1, -0.05) is 0 Å². The van der Waals surface area contributed by atoms with E-state index < -0.39 is 0 Å². The minimum absolute atomic E-state index is 0.0437. The summed E-state index contributed by atoms with van der Waals surface area (Å²) in [7, 11) is 0. The lowest BCUT2D eigenvalue weighted by atomic mass is 10.1. The van der Waals surface area contributed by atoms with Crippen molar-refractivity contribution in [3.63, 3.8) is 0 Å².